The van der Waals surface area contributed by atoms with Crippen LogP contribution in [0.25, 0.3) is 11.1 Å². The van der Waals surface area contributed by atoms with Crippen LogP contribution in [0.5, 0.6) is 11.5 Å². The Hall–Kier alpha value is -3.35. The van der Waals surface area contributed by atoms with Gasteiger partial charge in [0.25, 0.3) is 0 Å². The molecule has 3 rings (SSSR count). The molecule has 0 radical (unpaired) electrons. The number of phenolic OH excluding ortho intramolecular Hbond substituents is 1. The molecule has 0 fully saturated rings. The number of rotatable bonds is 11. The van der Waals surface area contributed by atoms with Crippen LogP contribution in [0.4, 0.5) is 0 Å². The number of aliphatic hydroxyl groups excluding tert-OH is 1. The van der Waals surface area contributed by atoms with Gasteiger partial charge in [0.2, 0.25) is 0 Å². The van der Waals surface area contributed by atoms with Crippen molar-refractivity contribution in [3.8, 4) is 22.6 Å². The third kappa shape index (κ3) is 6.37. The first kappa shape index (κ1) is 25.3. The molecule has 0 amide bonds. The number of carboxylic acids is 1. The Morgan fingerprint density at radius 2 is 1.62 bits per heavy atom. The van der Waals surface area contributed by atoms with Crippen LogP contribution in [0.2, 0.25) is 0 Å². The van der Waals surface area contributed by atoms with Gasteiger partial charge in [-0.2, -0.15) is 0 Å². The van der Waals surface area contributed by atoms with Crippen molar-refractivity contribution in [2.75, 3.05) is 13.2 Å². The maximum atomic E-state index is 11.6. The molecule has 0 bridgehead atoms. The number of aromatic hydroxyl groups is 1. The fourth-order valence-corrected chi connectivity index (χ4v) is 3.84. The van der Waals surface area contributed by atoms with E-state index in [4.69, 9.17) is 4.74 Å². The molecule has 1 unspecified atom stereocenters. The second kappa shape index (κ2) is 11.7. The molecule has 0 saturated heterocycles. The lowest BCUT2D eigenvalue weighted by Crippen LogP contribution is -2.35. The van der Waals surface area contributed by atoms with E-state index in [-0.39, 0.29) is 17.7 Å². The smallest absolute Gasteiger partial charge is 0.335 e. The van der Waals surface area contributed by atoms with Gasteiger partial charge in [-0.15, -0.1) is 0 Å². The van der Waals surface area contributed by atoms with Gasteiger partial charge in [-0.3, -0.25) is 0 Å². The van der Waals surface area contributed by atoms with E-state index in [0.29, 0.717) is 18.7 Å². The van der Waals surface area contributed by atoms with Gasteiger partial charge in [0.1, 0.15) is 18.1 Å². The topological polar surface area (TPSA) is 99.0 Å². The molecular formula is C28H33NO5. The van der Waals surface area contributed by atoms with Crippen molar-refractivity contribution in [1.29, 1.82) is 0 Å². The lowest BCUT2D eigenvalue weighted by molar-refractivity contribution is 0.0695. The molecule has 3 atom stereocenters. The van der Waals surface area contributed by atoms with Crippen LogP contribution < -0.4 is 10.1 Å². The number of aliphatic hydroxyl groups is 1. The number of carboxylic acid groups (broad SMARTS) is 1. The number of hydrogen-bond donors (Lipinski definition) is 4. The lowest BCUT2D eigenvalue weighted by atomic mass is 9.90. The summed E-state index contributed by atoms with van der Waals surface area (Å²) in [5.74, 6) is 0.172. The van der Waals surface area contributed by atoms with Crippen LogP contribution >= 0.6 is 0 Å². The average molecular weight is 464 g/mol. The van der Waals surface area contributed by atoms with Crippen molar-refractivity contribution in [2.24, 2.45) is 0 Å². The minimum Gasteiger partial charge on any atom is -0.508 e. The summed E-state index contributed by atoms with van der Waals surface area (Å²) in [5.41, 5.74) is 3.92. The first-order valence-corrected chi connectivity index (χ1v) is 11.6. The molecular weight excluding hydrogens is 430 g/mol. The summed E-state index contributed by atoms with van der Waals surface area (Å²) in [4.78, 5) is 11.6. The molecule has 0 saturated carbocycles. The fourth-order valence-electron chi connectivity index (χ4n) is 3.84. The summed E-state index contributed by atoms with van der Waals surface area (Å²) in [7, 11) is 0. The van der Waals surface area contributed by atoms with E-state index in [2.05, 4.69) is 12.2 Å². The van der Waals surface area contributed by atoms with E-state index < -0.39 is 12.1 Å². The standard InChI is InChI=1S/C28H33NO5/c1-4-18(2)26-17-22(9-14-25(26)28(32)33)20-7-12-24(13-8-20)34-16-15-29-19(3)27(31)21-5-10-23(30)11-6-21/h5-14,17-19,27,29-31H,4,15-16H2,1-3H3,(H,32,33)/t18?,19-,27-/m1/s1. The molecule has 3 aromatic carbocycles. The number of nitrogens with one attached hydrogen (secondary N) is 1. The van der Waals surface area contributed by atoms with Crippen molar-refractivity contribution in [3.63, 3.8) is 0 Å². The van der Waals surface area contributed by atoms with Crippen molar-refractivity contribution < 1.29 is 24.9 Å². The Balaban J connectivity index is 1.55. The predicted molar refractivity (Wildman–Crippen MR) is 134 cm³/mol. The summed E-state index contributed by atoms with van der Waals surface area (Å²) in [6.07, 6.45) is 0.183. The average Bonchev–Trinajstić information content (AvgIpc) is 2.86. The summed E-state index contributed by atoms with van der Waals surface area (Å²) in [5, 5.41) is 32.6. The van der Waals surface area contributed by atoms with E-state index in [1.807, 2.05) is 50.2 Å². The third-order valence-electron chi connectivity index (χ3n) is 6.16. The molecule has 0 aliphatic rings. The van der Waals surface area contributed by atoms with Crippen LogP contribution in [0, 0.1) is 0 Å². The molecule has 180 valence electrons. The number of benzene rings is 3. The maximum Gasteiger partial charge on any atom is 0.335 e. The Labute approximate surface area is 200 Å². The van der Waals surface area contributed by atoms with Crippen LogP contribution in [0.1, 0.15) is 60.7 Å². The van der Waals surface area contributed by atoms with Crippen molar-refractivity contribution >= 4 is 5.97 Å². The highest BCUT2D eigenvalue weighted by atomic mass is 16.5. The zero-order chi connectivity index (χ0) is 24.7. The second-order valence-corrected chi connectivity index (χ2v) is 8.57. The SMILES string of the molecule is CCC(C)c1cc(-c2ccc(OCCN[C@H](C)[C@@H](O)c3ccc(O)cc3)cc2)ccc1C(=O)O. The van der Waals surface area contributed by atoms with Gasteiger partial charge in [-0.05, 0) is 71.8 Å². The molecule has 0 aliphatic heterocycles. The van der Waals surface area contributed by atoms with Gasteiger partial charge in [-0.1, -0.05) is 50.2 Å². The van der Waals surface area contributed by atoms with Crippen molar-refractivity contribution in [3.05, 3.63) is 83.4 Å². The Morgan fingerprint density at radius 3 is 2.24 bits per heavy atom. The minimum atomic E-state index is -0.899. The highest BCUT2D eigenvalue weighted by molar-refractivity contribution is 5.90. The van der Waals surface area contributed by atoms with Crippen LogP contribution in [0.3, 0.4) is 0 Å². The molecule has 6 nitrogen and oxygen atoms in total. The lowest BCUT2D eigenvalue weighted by Gasteiger charge is -2.21. The molecule has 3 aromatic rings. The maximum absolute atomic E-state index is 11.6. The van der Waals surface area contributed by atoms with Gasteiger partial charge < -0.3 is 25.4 Å². The zero-order valence-electron chi connectivity index (χ0n) is 19.9. The van der Waals surface area contributed by atoms with E-state index in [1.54, 1.807) is 30.3 Å². The molecule has 0 aliphatic carbocycles. The van der Waals surface area contributed by atoms with E-state index in [0.717, 1.165) is 34.4 Å². The Morgan fingerprint density at radius 1 is 0.971 bits per heavy atom. The van der Waals surface area contributed by atoms with Crippen molar-refractivity contribution in [1.82, 2.24) is 5.32 Å². The number of ether oxygens (including phenoxy) is 1. The zero-order valence-corrected chi connectivity index (χ0v) is 19.9. The number of hydrogen-bond acceptors (Lipinski definition) is 5. The monoisotopic (exact) mass is 463 g/mol. The fraction of sp³-hybridized carbons (Fsp3) is 0.321. The molecule has 0 heterocycles. The molecule has 0 spiro atoms. The molecule has 6 heteroatoms. The quantitative estimate of drug-likeness (QED) is 0.286. The second-order valence-electron chi connectivity index (χ2n) is 8.57. The molecule has 34 heavy (non-hydrogen) atoms. The van der Waals surface area contributed by atoms with E-state index >= 15 is 0 Å². The largest absolute Gasteiger partial charge is 0.508 e. The van der Waals surface area contributed by atoms with Gasteiger partial charge in [0.15, 0.2) is 0 Å². The van der Waals surface area contributed by atoms with E-state index in [1.165, 1.54) is 0 Å². The Kier molecular flexibility index (Phi) is 8.68. The minimum absolute atomic E-state index is 0.163. The van der Waals surface area contributed by atoms with E-state index in [9.17, 15) is 20.1 Å². The molecule has 4 N–H and O–H groups in total. The van der Waals surface area contributed by atoms with Gasteiger partial charge in [-0.25, -0.2) is 4.79 Å². The highest BCUT2D eigenvalue weighted by Crippen LogP contribution is 2.30. The summed E-state index contributed by atoms with van der Waals surface area (Å²) >= 11 is 0. The van der Waals surface area contributed by atoms with Crippen LogP contribution in [0.15, 0.2) is 66.7 Å². The van der Waals surface area contributed by atoms with Gasteiger partial charge in [0.05, 0.1) is 11.7 Å². The van der Waals surface area contributed by atoms with Crippen LogP contribution in [-0.4, -0.2) is 40.5 Å². The van der Waals surface area contributed by atoms with Gasteiger partial charge >= 0.3 is 5.97 Å². The Bertz CT molecular complexity index is 1080. The summed E-state index contributed by atoms with van der Waals surface area (Å²) in [6.45, 7) is 7.00. The normalized spacial score (nSPS) is 13.8. The summed E-state index contributed by atoms with van der Waals surface area (Å²) < 4.78 is 5.82. The number of aromatic carboxylic acids is 1. The van der Waals surface area contributed by atoms with Crippen molar-refractivity contribution in [2.45, 2.75) is 45.3 Å². The first-order chi connectivity index (χ1) is 16.3. The number of phenols is 1. The van der Waals surface area contributed by atoms with Crippen LogP contribution in [-0.2, 0) is 0 Å². The first-order valence-electron chi connectivity index (χ1n) is 11.6. The predicted octanol–water partition coefficient (Wildman–Crippen LogP) is 5.36. The van der Waals surface area contributed by atoms with Gasteiger partial charge in [0, 0.05) is 12.6 Å². The third-order valence-corrected chi connectivity index (χ3v) is 6.16. The highest BCUT2D eigenvalue weighted by Gasteiger charge is 2.17. The number of carbonyl (C=O) groups is 1. The summed E-state index contributed by atoms with van der Waals surface area (Å²) in [6, 6.07) is 19.6. The molecule has 0 aromatic heterocycles.